The zero-order valence-electron chi connectivity index (χ0n) is 9.34. The first-order valence-corrected chi connectivity index (χ1v) is 6.81. The molecule has 6 nitrogen and oxygen atoms in total. The molecule has 0 saturated carbocycles. The maximum absolute atomic E-state index is 13.6. The number of hydrogen-bond donors (Lipinski definition) is 1. The van der Waals surface area contributed by atoms with E-state index < -0.39 is 43.8 Å². The standard InChI is InChI=1S/C10H8F2N2O4S/c11-7-1-2-8(14(15)16)10(9(7)12)13-6-3-4-19(17,18)5-6/h1-4,6,13H,5H2. The minimum atomic E-state index is -3.40. The molecule has 0 spiro atoms. The molecule has 1 atom stereocenters. The van der Waals surface area contributed by atoms with Crippen LogP contribution < -0.4 is 5.32 Å². The molecule has 1 aromatic carbocycles. The number of nitro benzene ring substituents is 1. The Morgan fingerprint density at radius 1 is 1.37 bits per heavy atom. The van der Waals surface area contributed by atoms with E-state index in [0.29, 0.717) is 6.07 Å². The summed E-state index contributed by atoms with van der Waals surface area (Å²) >= 11 is 0. The second-order valence-corrected chi connectivity index (χ2v) is 5.85. The molecule has 0 fully saturated rings. The third-order valence-corrected chi connectivity index (χ3v) is 3.92. The number of rotatable bonds is 3. The van der Waals surface area contributed by atoms with Crippen molar-refractivity contribution < 1.29 is 22.1 Å². The SMILES string of the molecule is O=[N+]([O-])c1ccc(F)c(F)c1NC1C=CS(=O)(=O)C1. The van der Waals surface area contributed by atoms with E-state index in [-0.39, 0.29) is 5.75 Å². The third-order valence-electron chi connectivity index (χ3n) is 2.53. The number of sulfone groups is 1. The molecule has 2 rings (SSSR count). The minimum Gasteiger partial charge on any atom is -0.370 e. The monoisotopic (exact) mass is 290 g/mol. The van der Waals surface area contributed by atoms with E-state index in [1.54, 1.807) is 0 Å². The topological polar surface area (TPSA) is 89.3 Å². The summed E-state index contributed by atoms with van der Waals surface area (Å²) in [6.45, 7) is 0. The van der Waals surface area contributed by atoms with Gasteiger partial charge in [-0.25, -0.2) is 17.2 Å². The van der Waals surface area contributed by atoms with Gasteiger partial charge in [-0.3, -0.25) is 10.1 Å². The number of nitrogens with zero attached hydrogens (tertiary/aromatic N) is 1. The number of hydrogen-bond acceptors (Lipinski definition) is 5. The van der Waals surface area contributed by atoms with Gasteiger partial charge in [0.05, 0.1) is 16.7 Å². The first-order chi connectivity index (χ1) is 8.80. The normalized spacial score (nSPS) is 20.4. The number of nitro groups is 1. The lowest BCUT2D eigenvalue weighted by Crippen LogP contribution is -2.22. The second-order valence-electron chi connectivity index (χ2n) is 3.92. The van der Waals surface area contributed by atoms with Gasteiger partial charge in [-0.15, -0.1) is 0 Å². The van der Waals surface area contributed by atoms with E-state index in [0.717, 1.165) is 11.5 Å². The summed E-state index contributed by atoms with van der Waals surface area (Å²) in [4.78, 5) is 9.85. The Morgan fingerprint density at radius 3 is 2.58 bits per heavy atom. The van der Waals surface area contributed by atoms with Crippen LogP contribution in [-0.2, 0) is 9.84 Å². The van der Waals surface area contributed by atoms with Crippen LogP contribution >= 0.6 is 0 Å². The molecule has 0 saturated heterocycles. The van der Waals surface area contributed by atoms with Crippen LogP contribution in [0.1, 0.15) is 0 Å². The molecule has 9 heteroatoms. The Kier molecular flexibility index (Phi) is 3.23. The van der Waals surface area contributed by atoms with Gasteiger partial charge >= 0.3 is 0 Å². The third kappa shape index (κ3) is 2.70. The number of benzene rings is 1. The maximum Gasteiger partial charge on any atom is 0.295 e. The fourth-order valence-electron chi connectivity index (χ4n) is 1.68. The van der Waals surface area contributed by atoms with Crippen molar-refractivity contribution in [2.75, 3.05) is 11.1 Å². The molecule has 1 unspecified atom stereocenters. The number of anilines is 1. The quantitative estimate of drug-likeness (QED) is 0.674. The van der Waals surface area contributed by atoms with Crippen LogP contribution in [0.3, 0.4) is 0 Å². The predicted octanol–water partition coefficient (Wildman–Crippen LogP) is 1.60. The molecule has 0 amide bonds. The van der Waals surface area contributed by atoms with Gasteiger partial charge in [-0.2, -0.15) is 0 Å². The lowest BCUT2D eigenvalue weighted by molar-refractivity contribution is -0.384. The highest BCUT2D eigenvalue weighted by molar-refractivity contribution is 7.94. The van der Waals surface area contributed by atoms with Crippen molar-refractivity contribution in [1.29, 1.82) is 0 Å². The molecule has 1 aliphatic heterocycles. The summed E-state index contributed by atoms with van der Waals surface area (Å²) in [5, 5.41) is 14.0. The summed E-state index contributed by atoms with van der Waals surface area (Å²) in [7, 11) is -3.40. The van der Waals surface area contributed by atoms with Crippen LogP contribution in [0.25, 0.3) is 0 Å². The zero-order valence-corrected chi connectivity index (χ0v) is 10.2. The Hall–Kier alpha value is -2.03. The molecular formula is C10H8F2N2O4S. The van der Waals surface area contributed by atoms with Crippen LogP contribution in [0.4, 0.5) is 20.2 Å². The van der Waals surface area contributed by atoms with Gasteiger partial charge in [0.25, 0.3) is 5.69 Å². The first kappa shape index (κ1) is 13.4. The number of nitrogens with one attached hydrogen (secondary N) is 1. The fourth-order valence-corrected chi connectivity index (χ4v) is 2.92. The molecule has 0 bridgehead atoms. The van der Waals surface area contributed by atoms with Crippen molar-refractivity contribution in [3.8, 4) is 0 Å². The second kappa shape index (κ2) is 4.57. The van der Waals surface area contributed by atoms with Gasteiger partial charge in [0.2, 0.25) is 0 Å². The molecule has 1 aliphatic rings. The maximum atomic E-state index is 13.6. The van der Waals surface area contributed by atoms with Crippen LogP contribution in [0, 0.1) is 21.7 Å². The largest absolute Gasteiger partial charge is 0.370 e. The van der Waals surface area contributed by atoms with E-state index in [2.05, 4.69) is 5.32 Å². The summed E-state index contributed by atoms with van der Waals surface area (Å²) in [5.74, 6) is -3.02. The van der Waals surface area contributed by atoms with E-state index >= 15 is 0 Å². The van der Waals surface area contributed by atoms with Crippen molar-refractivity contribution in [3.63, 3.8) is 0 Å². The Morgan fingerprint density at radius 2 is 2.05 bits per heavy atom. The van der Waals surface area contributed by atoms with Gasteiger partial charge in [0.1, 0.15) is 0 Å². The van der Waals surface area contributed by atoms with E-state index in [4.69, 9.17) is 0 Å². The summed E-state index contributed by atoms with van der Waals surface area (Å²) in [6, 6.07) is 0.619. The highest BCUT2D eigenvalue weighted by Gasteiger charge is 2.27. The van der Waals surface area contributed by atoms with Gasteiger partial charge in [0.15, 0.2) is 27.2 Å². The van der Waals surface area contributed by atoms with Gasteiger partial charge in [-0.1, -0.05) is 6.08 Å². The average molecular weight is 290 g/mol. The molecule has 1 heterocycles. The summed E-state index contributed by atoms with van der Waals surface area (Å²) in [5.41, 5.74) is -1.31. The smallest absolute Gasteiger partial charge is 0.295 e. The molecule has 19 heavy (non-hydrogen) atoms. The van der Waals surface area contributed by atoms with Crippen LogP contribution in [0.5, 0.6) is 0 Å². The molecule has 0 radical (unpaired) electrons. The summed E-state index contributed by atoms with van der Waals surface area (Å²) in [6.07, 6.45) is 1.23. The molecule has 0 aliphatic carbocycles. The van der Waals surface area contributed by atoms with Crippen molar-refractivity contribution in [3.05, 3.63) is 45.4 Å². The molecule has 102 valence electrons. The fraction of sp³-hybridized carbons (Fsp3) is 0.200. The highest BCUT2D eigenvalue weighted by Crippen LogP contribution is 2.30. The molecule has 1 N–H and O–H groups in total. The van der Waals surface area contributed by atoms with Crippen LogP contribution in [-0.4, -0.2) is 25.1 Å². The van der Waals surface area contributed by atoms with Gasteiger partial charge in [-0.05, 0) is 6.07 Å². The predicted molar refractivity (Wildman–Crippen MR) is 63.3 cm³/mol. The van der Waals surface area contributed by atoms with Gasteiger partial charge in [0, 0.05) is 11.5 Å². The zero-order chi connectivity index (χ0) is 14.2. The number of halogens is 2. The lowest BCUT2D eigenvalue weighted by Gasteiger charge is -2.12. The van der Waals surface area contributed by atoms with Crippen LogP contribution in [0.2, 0.25) is 0 Å². The van der Waals surface area contributed by atoms with Gasteiger partial charge < -0.3 is 5.32 Å². The molecular weight excluding hydrogens is 282 g/mol. The van der Waals surface area contributed by atoms with E-state index in [9.17, 15) is 27.3 Å². The van der Waals surface area contributed by atoms with Crippen LogP contribution in [0.15, 0.2) is 23.6 Å². The van der Waals surface area contributed by atoms with Crippen molar-refractivity contribution in [2.24, 2.45) is 0 Å². The Labute approximate surface area is 106 Å². The van der Waals surface area contributed by atoms with Crippen molar-refractivity contribution in [1.82, 2.24) is 0 Å². The average Bonchev–Trinajstić information content (AvgIpc) is 2.64. The molecule has 0 aromatic heterocycles. The van der Waals surface area contributed by atoms with E-state index in [1.807, 2.05) is 0 Å². The minimum absolute atomic E-state index is 0.361. The van der Waals surface area contributed by atoms with Crippen molar-refractivity contribution in [2.45, 2.75) is 6.04 Å². The molecule has 1 aromatic rings. The summed E-state index contributed by atoms with van der Waals surface area (Å²) < 4.78 is 49.0. The first-order valence-electron chi connectivity index (χ1n) is 5.10. The highest BCUT2D eigenvalue weighted by atomic mass is 32.2. The van der Waals surface area contributed by atoms with E-state index in [1.165, 1.54) is 6.08 Å². The lowest BCUT2D eigenvalue weighted by atomic mass is 10.2. The van der Waals surface area contributed by atoms with Crippen molar-refractivity contribution >= 4 is 21.2 Å². The Bertz CT molecular complexity index is 672. The Balaban J connectivity index is 2.37.